The zero-order valence-electron chi connectivity index (χ0n) is 11.9. The average Bonchev–Trinajstić information content (AvgIpc) is 2.76. The molecule has 0 N–H and O–H groups in total. The van der Waals surface area contributed by atoms with E-state index >= 15 is 0 Å². The maximum absolute atomic E-state index is 11.7. The maximum Gasteiger partial charge on any atom is 0.310 e. The minimum Gasteiger partial charge on any atom is -0.490 e. The third kappa shape index (κ3) is 4.60. The van der Waals surface area contributed by atoms with Crippen molar-refractivity contribution in [2.45, 2.75) is 20.3 Å². The van der Waals surface area contributed by atoms with E-state index in [0.29, 0.717) is 12.4 Å². The van der Waals surface area contributed by atoms with E-state index in [1.54, 1.807) is 13.8 Å². The molecule has 112 valence electrons. The monoisotopic (exact) mass is 353 g/mol. The molecule has 0 saturated heterocycles. The van der Waals surface area contributed by atoms with Gasteiger partial charge in [0.15, 0.2) is 0 Å². The number of hydrogen-bond acceptors (Lipinski definition) is 5. The molecule has 1 aromatic heterocycles. The molecule has 0 unspecified atom stereocenters. The summed E-state index contributed by atoms with van der Waals surface area (Å²) < 4.78 is 16.6. The lowest BCUT2D eigenvalue weighted by molar-refractivity contribution is -0.143. The van der Waals surface area contributed by atoms with Gasteiger partial charge in [0.2, 0.25) is 0 Å². The molecule has 0 atom stereocenters. The van der Waals surface area contributed by atoms with E-state index in [1.807, 2.05) is 24.3 Å². The van der Waals surface area contributed by atoms with Crippen molar-refractivity contribution in [3.63, 3.8) is 0 Å². The summed E-state index contributed by atoms with van der Waals surface area (Å²) in [6.45, 7) is 4.09. The van der Waals surface area contributed by atoms with Crippen LogP contribution in [-0.2, 0) is 16.0 Å². The second-order valence-electron chi connectivity index (χ2n) is 4.51. The molecule has 2 aromatic rings. The van der Waals surface area contributed by atoms with Gasteiger partial charge in [-0.2, -0.15) is 0 Å². The van der Waals surface area contributed by atoms with Crippen LogP contribution in [0.4, 0.5) is 0 Å². The summed E-state index contributed by atoms with van der Waals surface area (Å²) >= 11 is 3.36. The van der Waals surface area contributed by atoms with E-state index in [-0.39, 0.29) is 19.0 Å². The molecule has 0 bridgehead atoms. The minimum absolute atomic E-state index is 0.165. The van der Waals surface area contributed by atoms with Gasteiger partial charge in [-0.05, 0) is 32.0 Å². The Kier molecular flexibility index (Phi) is 5.38. The molecule has 1 heterocycles. The lowest BCUT2D eigenvalue weighted by atomic mass is 10.1. The van der Waals surface area contributed by atoms with Gasteiger partial charge < -0.3 is 14.0 Å². The Bertz CT molecular complexity index is 604. The molecule has 0 saturated carbocycles. The lowest BCUT2D eigenvalue weighted by Gasteiger charge is -2.07. The first-order valence-corrected chi connectivity index (χ1v) is 7.31. The number of ether oxygens (including phenoxy) is 2. The Balaban J connectivity index is 1.72. The fourth-order valence-corrected chi connectivity index (χ4v) is 2.20. The van der Waals surface area contributed by atoms with Crippen LogP contribution in [0.15, 0.2) is 33.3 Å². The molecule has 21 heavy (non-hydrogen) atoms. The van der Waals surface area contributed by atoms with Crippen LogP contribution >= 0.6 is 15.9 Å². The molecular formula is C15H16BrNO4. The highest BCUT2D eigenvalue weighted by Crippen LogP contribution is 2.17. The number of benzene rings is 1. The van der Waals surface area contributed by atoms with Crippen LogP contribution in [-0.4, -0.2) is 24.3 Å². The molecule has 0 aliphatic heterocycles. The fraction of sp³-hybridized carbons (Fsp3) is 0.333. The summed E-state index contributed by atoms with van der Waals surface area (Å²) in [5.41, 5.74) is 1.50. The first kappa shape index (κ1) is 15.6. The van der Waals surface area contributed by atoms with Gasteiger partial charge in [0.05, 0.1) is 12.1 Å². The van der Waals surface area contributed by atoms with Crippen molar-refractivity contribution >= 4 is 21.9 Å². The van der Waals surface area contributed by atoms with E-state index in [0.717, 1.165) is 21.5 Å². The largest absolute Gasteiger partial charge is 0.490 e. The highest BCUT2D eigenvalue weighted by atomic mass is 79.9. The number of esters is 1. The predicted octanol–water partition coefficient (Wildman–Crippen LogP) is 3.22. The summed E-state index contributed by atoms with van der Waals surface area (Å²) in [7, 11) is 0. The van der Waals surface area contributed by atoms with E-state index in [4.69, 9.17) is 14.0 Å². The average molecular weight is 354 g/mol. The highest BCUT2D eigenvalue weighted by Gasteiger charge is 2.14. The van der Waals surface area contributed by atoms with Crippen LogP contribution in [0, 0.1) is 13.8 Å². The molecule has 0 amide bonds. The standard InChI is InChI=1S/C15H16BrNO4/c1-10-14(11(2)21-17-10)9-15(18)20-7-6-19-13-5-3-4-12(16)8-13/h3-5,8H,6-7,9H2,1-2H3. The number of nitrogens with zero attached hydrogens (tertiary/aromatic N) is 1. The van der Waals surface area contributed by atoms with Crippen molar-refractivity contribution in [2.24, 2.45) is 0 Å². The van der Waals surface area contributed by atoms with Crippen molar-refractivity contribution in [1.29, 1.82) is 0 Å². The van der Waals surface area contributed by atoms with Crippen molar-refractivity contribution in [1.82, 2.24) is 5.16 Å². The molecule has 2 rings (SSSR count). The fourth-order valence-electron chi connectivity index (χ4n) is 1.82. The van der Waals surface area contributed by atoms with E-state index in [9.17, 15) is 4.79 Å². The Morgan fingerprint density at radius 1 is 1.33 bits per heavy atom. The molecule has 0 fully saturated rings. The minimum atomic E-state index is -0.317. The Morgan fingerprint density at radius 3 is 2.81 bits per heavy atom. The summed E-state index contributed by atoms with van der Waals surface area (Å²) in [6.07, 6.45) is 0.165. The van der Waals surface area contributed by atoms with E-state index in [1.165, 1.54) is 0 Å². The lowest BCUT2D eigenvalue weighted by Crippen LogP contribution is -2.14. The number of halogens is 1. The number of carbonyl (C=O) groups excluding carboxylic acids is 1. The number of hydrogen-bond donors (Lipinski definition) is 0. The van der Waals surface area contributed by atoms with Crippen molar-refractivity contribution < 1.29 is 18.8 Å². The third-order valence-electron chi connectivity index (χ3n) is 2.91. The van der Waals surface area contributed by atoms with Gasteiger partial charge in [-0.3, -0.25) is 4.79 Å². The summed E-state index contributed by atoms with van der Waals surface area (Å²) in [4.78, 5) is 11.7. The Morgan fingerprint density at radius 2 is 2.14 bits per heavy atom. The summed E-state index contributed by atoms with van der Waals surface area (Å²) in [6, 6.07) is 7.49. The van der Waals surface area contributed by atoms with Crippen LogP contribution in [0.2, 0.25) is 0 Å². The highest BCUT2D eigenvalue weighted by molar-refractivity contribution is 9.10. The number of rotatable bonds is 6. The van der Waals surface area contributed by atoms with Crippen LogP contribution in [0.5, 0.6) is 5.75 Å². The van der Waals surface area contributed by atoms with Crippen molar-refractivity contribution in [3.05, 3.63) is 45.8 Å². The molecule has 6 heteroatoms. The van der Waals surface area contributed by atoms with Gasteiger partial charge in [-0.1, -0.05) is 27.2 Å². The summed E-state index contributed by atoms with van der Waals surface area (Å²) in [5.74, 6) is 1.06. The number of carbonyl (C=O) groups is 1. The molecule has 0 spiro atoms. The van der Waals surface area contributed by atoms with E-state index < -0.39 is 0 Å². The van der Waals surface area contributed by atoms with Gasteiger partial charge in [0.1, 0.15) is 24.7 Å². The van der Waals surface area contributed by atoms with Crippen LogP contribution in [0.25, 0.3) is 0 Å². The van der Waals surface area contributed by atoms with Crippen molar-refractivity contribution in [2.75, 3.05) is 13.2 Å². The molecule has 0 radical (unpaired) electrons. The molecule has 0 aliphatic rings. The normalized spacial score (nSPS) is 10.4. The number of aryl methyl sites for hydroxylation is 2. The second-order valence-corrected chi connectivity index (χ2v) is 5.42. The van der Waals surface area contributed by atoms with Crippen LogP contribution in [0.3, 0.4) is 0 Å². The molecular weight excluding hydrogens is 338 g/mol. The SMILES string of the molecule is Cc1noc(C)c1CC(=O)OCCOc1cccc(Br)c1. The topological polar surface area (TPSA) is 61.6 Å². The molecule has 1 aromatic carbocycles. The zero-order valence-corrected chi connectivity index (χ0v) is 13.5. The van der Waals surface area contributed by atoms with Gasteiger partial charge in [0, 0.05) is 10.0 Å². The van der Waals surface area contributed by atoms with Crippen molar-refractivity contribution in [3.8, 4) is 5.75 Å². The molecule has 5 nitrogen and oxygen atoms in total. The van der Waals surface area contributed by atoms with Crippen LogP contribution in [0.1, 0.15) is 17.0 Å². The van der Waals surface area contributed by atoms with Gasteiger partial charge in [-0.15, -0.1) is 0 Å². The first-order valence-electron chi connectivity index (χ1n) is 6.52. The van der Waals surface area contributed by atoms with Gasteiger partial charge >= 0.3 is 5.97 Å². The quantitative estimate of drug-likeness (QED) is 0.589. The Hall–Kier alpha value is -1.82. The Labute approximate surface area is 131 Å². The summed E-state index contributed by atoms with van der Waals surface area (Å²) in [5, 5.41) is 3.80. The van der Waals surface area contributed by atoms with Crippen LogP contribution < -0.4 is 4.74 Å². The van der Waals surface area contributed by atoms with Gasteiger partial charge in [0.25, 0.3) is 0 Å². The molecule has 0 aliphatic carbocycles. The van der Waals surface area contributed by atoms with E-state index in [2.05, 4.69) is 21.1 Å². The third-order valence-corrected chi connectivity index (χ3v) is 3.41. The zero-order chi connectivity index (χ0) is 15.2. The predicted molar refractivity (Wildman–Crippen MR) is 80.3 cm³/mol. The maximum atomic E-state index is 11.7. The smallest absolute Gasteiger partial charge is 0.310 e. The second kappa shape index (κ2) is 7.26. The first-order chi connectivity index (χ1) is 10.1. The van der Waals surface area contributed by atoms with Gasteiger partial charge in [-0.25, -0.2) is 0 Å². The number of aromatic nitrogens is 1.